The highest BCUT2D eigenvalue weighted by atomic mass is 16.6. The van der Waals surface area contributed by atoms with Crippen molar-refractivity contribution in [1.82, 2.24) is 10.6 Å². The van der Waals surface area contributed by atoms with Gasteiger partial charge >= 0.3 is 5.97 Å². The van der Waals surface area contributed by atoms with E-state index in [4.69, 9.17) is 14.2 Å². The molecule has 0 aliphatic carbocycles. The predicted octanol–water partition coefficient (Wildman–Crippen LogP) is 3.36. The molecule has 8 nitrogen and oxygen atoms in total. The molecule has 0 bridgehead atoms. The molecule has 0 unspecified atom stereocenters. The Morgan fingerprint density at radius 1 is 1.03 bits per heavy atom. The maximum Gasteiger partial charge on any atom is 0.306 e. The average molecular weight is 459 g/mol. The van der Waals surface area contributed by atoms with Gasteiger partial charge in [-0.15, -0.1) is 0 Å². The summed E-state index contributed by atoms with van der Waals surface area (Å²) >= 11 is 0. The van der Waals surface area contributed by atoms with Gasteiger partial charge in [0.25, 0.3) is 0 Å². The van der Waals surface area contributed by atoms with E-state index in [1.807, 2.05) is 48.5 Å². The Kier molecular flexibility index (Phi) is 12.6. The molecule has 0 saturated heterocycles. The Morgan fingerprint density at radius 3 is 2.09 bits per heavy atom. The fourth-order valence-corrected chi connectivity index (χ4v) is 2.96. The maximum atomic E-state index is 12.9. The summed E-state index contributed by atoms with van der Waals surface area (Å²) in [5.74, 6) is -0.486. The minimum absolute atomic E-state index is 0.0460. The van der Waals surface area contributed by atoms with Gasteiger partial charge < -0.3 is 24.3 Å². The normalized spacial score (nSPS) is 14.7. The van der Waals surface area contributed by atoms with Crippen molar-refractivity contribution in [1.29, 1.82) is 0 Å². The van der Waals surface area contributed by atoms with Crippen LogP contribution in [0.15, 0.2) is 0 Å². The van der Waals surface area contributed by atoms with E-state index in [-0.39, 0.29) is 30.3 Å². The van der Waals surface area contributed by atoms with Crippen molar-refractivity contribution in [3.8, 4) is 0 Å². The van der Waals surface area contributed by atoms with Crippen LogP contribution in [-0.4, -0.2) is 60.9 Å². The van der Waals surface area contributed by atoms with Gasteiger partial charge in [0, 0.05) is 20.0 Å². The van der Waals surface area contributed by atoms with E-state index >= 15 is 0 Å². The van der Waals surface area contributed by atoms with Gasteiger partial charge in [0.05, 0.1) is 24.3 Å². The molecule has 1 amide bonds. The van der Waals surface area contributed by atoms with Crippen molar-refractivity contribution in [2.24, 2.45) is 5.92 Å². The lowest BCUT2D eigenvalue weighted by molar-refractivity contribution is -0.159. The number of aldehydes is 1. The molecule has 0 spiro atoms. The molecule has 0 radical (unpaired) electrons. The first-order valence-electron chi connectivity index (χ1n) is 11.4. The van der Waals surface area contributed by atoms with E-state index in [9.17, 15) is 14.4 Å². The second-order valence-electron chi connectivity index (χ2n) is 10.8. The summed E-state index contributed by atoms with van der Waals surface area (Å²) in [6.07, 6.45) is 2.10. The van der Waals surface area contributed by atoms with E-state index in [1.165, 1.54) is 7.11 Å². The van der Waals surface area contributed by atoms with E-state index < -0.39 is 29.4 Å². The van der Waals surface area contributed by atoms with E-state index in [1.54, 1.807) is 13.8 Å². The number of ether oxygens (including phenoxy) is 3. The molecule has 2 N–H and O–H groups in total. The molecule has 2 atom stereocenters. The number of amides is 1. The summed E-state index contributed by atoms with van der Waals surface area (Å²) in [4.78, 5) is 36.7. The highest BCUT2D eigenvalue weighted by Crippen LogP contribution is 2.19. The summed E-state index contributed by atoms with van der Waals surface area (Å²) < 4.78 is 16.7. The molecule has 8 heteroatoms. The number of hydrogen-bond acceptors (Lipinski definition) is 7. The lowest BCUT2D eigenvalue weighted by atomic mass is 10.0. The molecule has 0 rings (SSSR count). The number of carbonyl (C=O) groups excluding carboxylic acids is 3. The highest BCUT2D eigenvalue weighted by molar-refractivity contribution is 5.85. The van der Waals surface area contributed by atoms with Crippen LogP contribution >= 0.6 is 0 Å². The van der Waals surface area contributed by atoms with Crippen LogP contribution in [0.3, 0.4) is 0 Å². The molecular weight excluding hydrogens is 412 g/mol. The zero-order valence-electron chi connectivity index (χ0n) is 21.8. The third-order valence-electron chi connectivity index (χ3n) is 4.83. The Balaban J connectivity index is 5.00. The molecule has 0 aliphatic heterocycles. The lowest BCUT2D eigenvalue weighted by Crippen LogP contribution is -2.55. The first kappa shape index (κ1) is 30.5. The van der Waals surface area contributed by atoms with E-state index in [0.29, 0.717) is 19.4 Å². The molecule has 188 valence electrons. The molecule has 0 heterocycles. The zero-order chi connectivity index (χ0) is 25.2. The van der Waals surface area contributed by atoms with Crippen molar-refractivity contribution >= 4 is 18.2 Å². The Bertz CT molecular complexity index is 596. The summed E-state index contributed by atoms with van der Waals surface area (Å²) in [5.41, 5.74) is -1.72. The minimum atomic E-state index is -0.787. The number of esters is 1. The number of methoxy groups -OCH3 is 1. The van der Waals surface area contributed by atoms with Gasteiger partial charge in [-0.3, -0.25) is 14.9 Å². The second-order valence-corrected chi connectivity index (χ2v) is 10.8. The lowest BCUT2D eigenvalue weighted by Gasteiger charge is -2.31. The summed E-state index contributed by atoms with van der Waals surface area (Å²) in [6.45, 7) is 17.6. The number of carbonyl (C=O) groups is 3. The van der Waals surface area contributed by atoms with Crippen molar-refractivity contribution < 1.29 is 28.6 Å². The number of rotatable bonds is 15. The maximum absolute atomic E-state index is 12.9. The smallest absolute Gasteiger partial charge is 0.306 e. The molecular formula is C24H46N2O6. The Labute approximate surface area is 194 Å². The molecule has 0 aromatic carbocycles. The van der Waals surface area contributed by atoms with Crippen molar-refractivity contribution in [2.45, 2.75) is 117 Å². The Morgan fingerprint density at radius 2 is 1.62 bits per heavy atom. The van der Waals surface area contributed by atoms with Crippen LogP contribution < -0.4 is 10.6 Å². The SMILES string of the molecule is COC(C)(C)N[C@@H](CCC(=O)OC(C)(C)CCOC(C)(C)C)C(=O)N[C@H](C=O)CC(C)C. The van der Waals surface area contributed by atoms with Crippen molar-refractivity contribution in [3.05, 3.63) is 0 Å². The van der Waals surface area contributed by atoms with Crippen LogP contribution in [0.2, 0.25) is 0 Å². The molecule has 0 aliphatic rings. The van der Waals surface area contributed by atoms with Crippen LogP contribution in [0.5, 0.6) is 0 Å². The van der Waals surface area contributed by atoms with Gasteiger partial charge in [-0.2, -0.15) is 0 Å². The van der Waals surface area contributed by atoms with Gasteiger partial charge in [0.15, 0.2) is 0 Å². The van der Waals surface area contributed by atoms with Crippen LogP contribution in [0, 0.1) is 5.92 Å². The van der Waals surface area contributed by atoms with E-state index in [2.05, 4.69) is 10.6 Å². The fraction of sp³-hybridized carbons (Fsp3) is 0.875. The van der Waals surface area contributed by atoms with Gasteiger partial charge in [0.1, 0.15) is 17.6 Å². The topological polar surface area (TPSA) is 103 Å². The van der Waals surface area contributed by atoms with Gasteiger partial charge in [0.2, 0.25) is 5.91 Å². The van der Waals surface area contributed by atoms with Gasteiger partial charge in [-0.1, -0.05) is 13.8 Å². The first-order chi connectivity index (χ1) is 14.5. The van der Waals surface area contributed by atoms with Crippen molar-refractivity contribution in [2.75, 3.05) is 13.7 Å². The standard InChI is InChI=1S/C24H46N2O6/c1-17(2)15-18(16-27)25-21(29)19(26-24(8,9)30-10)11-12-20(28)32-23(6,7)13-14-31-22(3,4)5/h16-19,26H,11-15H2,1-10H3,(H,25,29)/t18-,19-/m0/s1. The highest BCUT2D eigenvalue weighted by Gasteiger charge is 2.30. The molecule has 32 heavy (non-hydrogen) atoms. The first-order valence-corrected chi connectivity index (χ1v) is 11.4. The van der Waals surface area contributed by atoms with Crippen LogP contribution in [0.25, 0.3) is 0 Å². The van der Waals surface area contributed by atoms with E-state index in [0.717, 1.165) is 6.29 Å². The van der Waals surface area contributed by atoms with Crippen LogP contribution in [-0.2, 0) is 28.6 Å². The zero-order valence-corrected chi connectivity index (χ0v) is 21.8. The summed E-state index contributed by atoms with van der Waals surface area (Å²) in [7, 11) is 1.53. The van der Waals surface area contributed by atoms with Crippen LogP contribution in [0.1, 0.15) is 88.0 Å². The monoisotopic (exact) mass is 458 g/mol. The van der Waals surface area contributed by atoms with Gasteiger partial charge in [-0.25, -0.2) is 0 Å². The molecule has 0 fully saturated rings. The third kappa shape index (κ3) is 14.5. The molecule has 0 aromatic heterocycles. The molecule has 0 saturated carbocycles. The minimum Gasteiger partial charge on any atom is -0.460 e. The third-order valence-corrected chi connectivity index (χ3v) is 4.83. The summed E-state index contributed by atoms with van der Waals surface area (Å²) in [5, 5.41) is 5.88. The summed E-state index contributed by atoms with van der Waals surface area (Å²) in [6, 6.07) is -1.30. The van der Waals surface area contributed by atoms with Crippen molar-refractivity contribution in [3.63, 3.8) is 0 Å². The second kappa shape index (κ2) is 13.3. The Hall–Kier alpha value is -1.51. The van der Waals surface area contributed by atoms with Gasteiger partial charge in [-0.05, 0) is 67.2 Å². The van der Waals surface area contributed by atoms with Crippen LogP contribution in [0.4, 0.5) is 0 Å². The quantitative estimate of drug-likeness (QED) is 0.220. The number of nitrogens with one attached hydrogen (secondary N) is 2. The largest absolute Gasteiger partial charge is 0.460 e. The molecule has 0 aromatic rings. The predicted molar refractivity (Wildman–Crippen MR) is 125 cm³/mol. The average Bonchev–Trinajstić information content (AvgIpc) is 2.62. The number of hydrogen-bond donors (Lipinski definition) is 2. The fourth-order valence-electron chi connectivity index (χ4n) is 2.96.